The van der Waals surface area contributed by atoms with E-state index in [1.807, 2.05) is 43.4 Å². The Kier molecular flexibility index (Phi) is 5.34. The molecule has 120 valence electrons. The molecule has 0 atom stereocenters. The smallest absolute Gasteiger partial charge is 0.212 e. The molecule has 1 aromatic heterocycles. The number of methoxy groups -OCH3 is 2. The summed E-state index contributed by atoms with van der Waals surface area (Å²) in [6.45, 7) is 0. The maximum atomic E-state index is 5.97. The van der Waals surface area contributed by atoms with E-state index in [9.17, 15) is 0 Å². The first-order valence-corrected chi connectivity index (χ1v) is 7.31. The second-order valence-electron chi connectivity index (χ2n) is 5.11. The molecule has 3 rings (SSSR count). The summed E-state index contributed by atoms with van der Waals surface area (Å²) in [7, 11) is 5.32. The highest BCUT2D eigenvalue weighted by Gasteiger charge is 2.14. The van der Waals surface area contributed by atoms with Crippen molar-refractivity contribution in [3.05, 3.63) is 53.7 Å². The van der Waals surface area contributed by atoms with Crippen molar-refractivity contribution >= 4 is 22.4 Å². The van der Waals surface area contributed by atoms with Gasteiger partial charge in [-0.25, -0.2) is 4.57 Å². The highest BCUT2D eigenvalue weighted by molar-refractivity contribution is 6.30. The van der Waals surface area contributed by atoms with Crippen LogP contribution in [0.25, 0.3) is 22.0 Å². The second-order valence-corrected chi connectivity index (χ2v) is 5.55. The van der Waals surface area contributed by atoms with Crippen molar-refractivity contribution in [3.8, 4) is 22.8 Å². The number of pyridine rings is 1. The maximum absolute atomic E-state index is 5.97. The van der Waals surface area contributed by atoms with E-state index in [4.69, 9.17) is 21.1 Å². The summed E-state index contributed by atoms with van der Waals surface area (Å²) in [4.78, 5) is 0. The number of nitrogens with zero attached hydrogens (tertiary/aromatic N) is 1. The summed E-state index contributed by atoms with van der Waals surface area (Å²) in [6.07, 6.45) is 2.08. The predicted molar refractivity (Wildman–Crippen MR) is 88.7 cm³/mol. The Hall–Kier alpha value is -1.97. The van der Waals surface area contributed by atoms with E-state index in [0.29, 0.717) is 0 Å². The Bertz CT molecular complexity index is 833. The van der Waals surface area contributed by atoms with Gasteiger partial charge < -0.3 is 21.9 Å². The fourth-order valence-corrected chi connectivity index (χ4v) is 2.71. The van der Waals surface area contributed by atoms with Crippen LogP contribution in [0.2, 0.25) is 5.02 Å². The number of hydrogen-bond donors (Lipinski definition) is 0. The van der Waals surface area contributed by atoms with E-state index in [-0.39, 0.29) is 12.4 Å². The normalized spacial score (nSPS) is 10.3. The molecule has 0 unspecified atom stereocenters. The Labute approximate surface area is 146 Å². The molecule has 0 saturated carbocycles. The standard InChI is InChI=1S/C18H17ClNO2.ClH/c1-20-11-14-10-18(22-3)17(21-2)9-13(14)8-16(20)12-4-6-15(19)7-5-12;/h4-11H,1-3H3;1H/q+1;/p-1. The molecule has 0 fully saturated rings. The van der Waals surface area contributed by atoms with Gasteiger partial charge in [0.05, 0.1) is 14.2 Å². The topological polar surface area (TPSA) is 22.3 Å². The Morgan fingerprint density at radius 1 is 0.870 bits per heavy atom. The van der Waals surface area contributed by atoms with Gasteiger partial charge in [0.15, 0.2) is 17.7 Å². The number of fused-ring (bicyclic) bond motifs is 1. The zero-order valence-corrected chi connectivity index (χ0v) is 14.7. The summed E-state index contributed by atoms with van der Waals surface area (Å²) in [6, 6.07) is 14.0. The SMILES string of the molecule is COc1cc2cc(-c3ccc(Cl)cc3)[n+](C)cc2cc1OC.[Cl-]. The van der Waals surface area contributed by atoms with Gasteiger partial charge in [0.25, 0.3) is 0 Å². The molecule has 0 aliphatic rings. The molecule has 0 aliphatic carbocycles. The van der Waals surface area contributed by atoms with E-state index >= 15 is 0 Å². The van der Waals surface area contributed by atoms with Crippen LogP contribution < -0.4 is 26.4 Å². The van der Waals surface area contributed by atoms with Crippen LogP contribution in [-0.4, -0.2) is 14.2 Å². The predicted octanol–water partition coefficient (Wildman–Crippen LogP) is 1.01. The summed E-state index contributed by atoms with van der Waals surface area (Å²) < 4.78 is 12.8. The van der Waals surface area contributed by atoms with Gasteiger partial charge in [-0.05, 0) is 41.8 Å². The average molecular weight is 350 g/mol. The van der Waals surface area contributed by atoms with Crippen molar-refractivity contribution in [1.82, 2.24) is 0 Å². The zero-order chi connectivity index (χ0) is 15.7. The Morgan fingerprint density at radius 3 is 2.00 bits per heavy atom. The monoisotopic (exact) mass is 349 g/mol. The third-order valence-electron chi connectivity index (χ3n) is 3.73. The van der Waals surface area contributed by atoms with Crippen molar-refractivity contribution in [2.75, 3.05) is 14.2 Å². The first-order chi connectivity index (χ1) is 10.6. The minimum Gasteiger partial charge on any atom is -1.00 e. The van der Waals surface area contributed by atoms with Crippen LogP contribution in [0.1, 0.15) is 0 Å². The average Bonchev–Trinajstić information content (AvgIpc) is 2.54. The number of rotatable bonds is 3. The molecule has 2 aromatic carbocycles. The number of ether oxygens (including phenoxy) is 2. The van der Waals surface area contributed by atoms with E-state index in [1.165, 1.54) is 0 Å². The molecule has 0 bridgehead atoms. The molecule has 0 amide bonds. The molecule has 23 heavy (non-hydrogen) atoms. The zero-order valence-electron chi connectivity index (χ0n) is 13.1. The Balaban J connectivity index is 0.00000192. The number of aryl methyl sites for hydroxylation is 1. The molecule has 0 radical (unpaired) electrons. The molecule has 0 N–H and O–H groups in total. The van der Waals surface area contributed by atoms with Gasteiger partial charge in [-0.1, -0.05) is 11.6 Å². The van der Waals surface area contributed by atoms with E-state index < -0.39 is 0 Å². The summed E-state index contributed by atoms with van der Waals surface area (Å²) in [5.41, 5.74) is 2.22. The van der Waals surface area contributed by atoms with Gasteiger partial charge in [0.2, 0.25) is 5.69 Å². The number of halogens is 2. The second kappa shape index (κ2) is 7.07. The molecular weight excluding hydrogens is 333 g/mol. The fraction of sp³-hybridized carbons (Fsp3) is 0.167. The number of benzene rings is 2. The van der Waals surface area contributed by atoms with Gasteiger partial charge in [-0.3, -0.25) is 0 Å². The molecule has 5 heteroatoms. The minimum atomic E-state index is 0. The minimum absolute atomic E-state index is 0. The van der Waals surface area contributed by atoms with E-state index in [1.54, 1.807) is 14.2 Å². The van der Waals surface area contributed by atoms with E-state index in [0.717, 1.165) is 38.6 Å². The summed E-state index contributed by atoms with van der Waals surface area (Å²) in [5, 5.41) is 2.93. The van der Waals surface area contributed by atoms with Gasteiger partial charge in [-0.15, -0.1) is 0 Å². The molecule has 0 saturated heterocycles. The van der Waals surface area contributed by atoms with Gasteiger partial charge in [0.1, 0.15) is 7.05 Å². The first kappa shape index (κ1) is 17.4. The Morgan fingerprint density at radius 2 is 1.43 bits per heavy atom. The van der Waals surface area contributed by atoms with Gasteiger partial charge in [0, 0.05) is 22.0 Å². The molecule has 3 nitrogen and oxygen atoms in total. The maximum Gasteiger partial charge on any atom is 0.212 e. The molecule has 0 spiro atoms. The largest absolute Gasteiger partial charge is 1.00 e. The van der Waals surface area contributed by atoms with Gasteiger partial charge >= 0.3 is 0 Å². The first-order valence-electron chi connectivity index (χ1n) is 6.93. The molecule has 1 heterocycles. The lowest BCUT2D eigenvalue weighted by molar-refractivity contribution is -0.659. The number of aromatic nitrogens is 1. The lowest BCUT2D eigenvalue weighted by Crippen LogP contribution is -3.00. The van der Waals surface area contributed by atoms with Crippen molar-refractivity contribution in [2.24, 2.45) is 7.05 Å². The molecule has 3 aromatic rings. The van der Waals surface area contributed by atoms with Crippen LogP contribution >= 0.6 is 11.6 Å². The fourth-order valence-electron chi connectivity index (χ4n) is 2.58. The van der Waals surface area contributed by atoms with Crippen molar-refractivity contribution < 1.29 is 26.4 Å². The van der Waals surface area contributed by atoms with Crippen LogP contribution in [0.3, 0.4) is 0 Å². The molecular formula is C18H17Cl2NO2. The quantitative estimate of drug-likeness (QED) is 0.658. The van der Waals surface area contributed by atoms with E-state index in [2.05, 4.69) is 16.8 Å². The van der Waals surface area contributed by atoms with Gasteiger partial charge in [-0.2, -0.15) is 0 Å². The summed E-state index contributed by atoms with van der Waals surface area (Å²) in [5.74, 6) is 1.46. The highest BCUT2D eigenvalue weighted by atomic mass is 35.5. The van der Waals surface area contributed by atoms with Crippen molar-refractivity contribution in [3.63, 3.8) is 0 Å². The third kappa shape index (κ3) is 3.36. The molecule has 0 aliphatic heterocycles. The van der Waals surface area contributed by atoms with Crippen molar-refractivity contribution in [2.45, 2.75) is 0 Å². The highest BCUT2D eigenvalue weighted by Crippen LogP contribution is 2.33. The van der Waals surface area contributed by atoms with Crippen molar-refractivity contribution in [1.29, 1.82) is 0 Å². The van der Waals surface area contributed by atoms with Crippen LogP contribution in [0, 0.1) is 0 Å². The number of hydrogen-bond acceptors (Lipinski definition) is 2. The lowest BCUT2D eigenvalue weighted by atomic mass is 10.1. The van der Waals surface area contributed by atoms with Crippen LogP contribution in [0.4, 0.5) is 0 Å². The van der Waals surface area contributed by atoms with Crippen LogP contribution in [-0.2, 0) is 7.05 Å². The third-order valence-corrected chi connectivity index (χ3v) is 3.99. The van der Waals surface area contributed by atoms with Crippen LogP contribution in [0.5, 0.6) is 11.5 Å². The summed E-state index contributed by atoms with van der Waals surface area (Å²) >= 11 is 5.97. The lowest BCUT2D eigenvalue weighted by Gasteiger charge is -2.09. The van der Waals surface area contributed by atoms with Crippen LogP contribution in [0.15, 0.2) is 48.7 Å².